The molecule has 2 saturated heterocycles. The third-order valence-electron chi connectivity index (χ3n) is 6.57. The molecule has 0 bridgehead atoms. The van der Waals surface area contributed by atoms with Crippen molar-refractivity contribution in [1.29, 1.82) is 0 Å². The zero-order valence-corrected chi connectivity index (χ0v) is 17.7. The fraction of sp³-hybridized carbons (Fsp3) is 0.810. The van der Waals surface area contributed by atoms with Crippen LogP contribution in [0, 0.1) is 5.92 Å². The molecule has 6 nitrogen and oxygen atoms in total. The topological polar surface area (TPSA) is 48.7 Å². The van der Waals surface area contributed by atoms with Crippen LogP contribution >= 0.6 is 0 Å². The first kappa shape index (κ1) is 20.2. The van der Waals surface area contributed by atoms with E-state index in [9.17, 15) is 0 Å². The predicted octanol–water partition coefficient (Wildman–Crippen LogP) is 2.69. The Morgan fingerprint density at radius 3 is 2.59 bits per heavy atom. The molecule has 0 spiro atoms. The van der Waals surface area contributed by atoms with E-state index < -0.39 is 0 Å². The summed E-state index contributed by atoms with van der Waals surface area (Å²) in [5.41, 5.74) is 1.35. The molecule has 0 aliphatic carbocycles. The Balaban J connectivity index is 1.59. The average molecular weight is 375 g/mol. The maximum absolute atomic E-state index is 4.61. The maximum Gasteiger partial charge on any atom is 0.193 e. The molecule has 1 N–H and O–H groups in total. The molecule has 0 aromatic carbocycles. The number of aromatic nitrogens is 2. The third kappa shape index (κ3) is 4.84. The van der Waals surface area contributed by atoms with Crippen LogP contribution in [-0.4, -0.2) is 71.4 Å². The highest BCUT2D eigenvalue weighted by atomic mass is 15.3. The van der Waals surface area contributed by atoms with Gasteiger partial charge in [-0.25, -0.2) is 0 Å². The highest BCUT2D eigenvalue weighted by molar-refractivity contribution is 5.80. The second kappa shape index (κ2) is 9.58. The molecule has 2 aliphatic heterocycles. The maximum atomic E-state index is 4.61. The van der Waals surface area contributed by atoms with Crippen molar-refractivity contribution in [2.24, 2.45) is 18.0 Å². The molecule has 2 unspecified atom stereocenters. The lowest BCUT2D eigenvalue weighted by Gasteiger charge is -2.35. The number of nitrogens with one attached hydrogen (secondary N) is 1. The zero-order chi connectivity index (χ0) is 19.2. The first-order chi connectivity index (χ1) is 13.2. The molecular formula is C21H38N6. The van der Waals surface area contributed by atoms with Crippen LogP contribution in [0.5, 0.6) is 0 Å². The van der Waals surface area contributed by atoms with E-state index in [1.165, 1.54) is 50.8 Å². The molecule has 3 rings (SSSR count). The van der Waals surface area contributed by atoms with Crippen molar-refractivity contribution in [3.05, 3.63) is 18.0 Å². The van der Waals surface area contributed by atoms with Gasteiger partial charge in [-0.15, -0.1) is 0 Å². The molecule has 2 fully saturated rings. The Kier molecular flexibility index (Phi) is 7.16. The van der Waals surface area contributed by atoms with Crippen LogP contribution in [0.3, 0.4) is 0 Å². The summed E-state index contributed by atoms with van der Waals surface area (Å²) >= 11 is 0. The van der Waals surface area contributed by atoms with Crippen molar-refractivity contribution in [2.75, 3.05) is 39.8 Å². The van der Waals surface area contributed by atoms with Gasteiger partial charge in [-0.1, -0.05) is 26.7 Å². The van der Waals surface area contributed by atoms with E-state index in [-0.39, 0.29) is 0 Å². The minimum atomic E-state index is 0.561. The van der Waals surface area contributed by atoms with Gasteiger partial charge in [0.25, 0.3) is 0 Å². The Morgan fingerprint density at radius 1 is 1.26 bits per heavy atom. The van der Waals surface area contributed by atoms with E-state index in [2.05, 4.69) is 45.3 Å². The summed E-state index contributed by atoms with van der Waals surface area (Å²) < 4.78 is 1.90. The van der Waals surface area contributed by atoms with Crippen molar-refractivity contribution >= 4 is 5.96 Å². The zero-order valence-electron chi connectivity index (χ0n) is 17.7. The number of hydrogen-bond donors (Lipinski definition) is 1. The SMILES string of the molecule is CCC(CC)C(CNC(=NC)N1CCC(c2cnn(C)c2)C1)N1CCCC1. The smallest absolute Gasteiger partial charge is 0.193 e. The molecular weight excluding hydrogens is 336 g/mol. The molecule has 1 aromatic heterocycles. The molecule has 3 heterocycles. The lowest BCUT2D eigenvalue weighted by molar-refractivity contribution is 0.166. The van der Waals surface area contributed by atoms with E-state index >= 15 is 0 Å². The van der Waals surface area contributed by atoms with E-state index in [4.69, 9.17) is 0 Å². The van der Waals surface area contributed by atoms with Crippen molar-refractivity contribution in [3.63, 3.8) is 0 Å². The molecule has 27 heavy (non-hydrogen) atoms. The van der Waals surface area contributed by atoms with Gasteiger partial charge >= 0.3 is 0 Å². The highest BCUT2D eigenvalue weighted by Gasteiger charge is 2.30. The van der Waals surface area contributed by atoms with Gasteiger partial charge in [0.05, 0.1) is 6.20 Å². The van der Waals surface area contributed by atoms with Gasteiger partial charge in [0, 0.05) is 51.9 Å². The number of guanidine groups is 1. The largest absolute Gasteiger partial charge is 0.355 e. The summed E-state index contributed by atoms with van der Waals surface area (Å²) in [6, 6.07) is 0.621. The molecule has 2 atom stereocenters. The standard InChI is InChI=1S/C21H38N6/c1-5-17(6-2)20(26-10-7-8-11-26)14-23-21(22-3)27-12-9-18(16-27)19-13-24-25(4)15-19/h13,15,17-18,20H,5-12,14,16H2,1-4H3,(H,22,23). The number of aliphatic imine (C=N–C) groups is 1. The van der Waals surface area contributed by atoms with Crippen molar-refractivity contribution < 1.29 is 0 Å². The number of rotatable bonds is 7. The molecule has 6 heteroatoms. The molecule has 0 radical (unpaired) electrons. The number of hydrogen-bond acceptors (Lipinski definition) is 3. The van der Waals surface area contributed by atoms with Gasteiger partial charge in [0.2, 0.25) is 0 Å². The van der Waals surface area contributed by atoms with Gasteiger partial charge in [-0.2, -0.15) is 5.10 Å². The van der Waals surface area contributed by atoms with Crippen LogP contribution in [0.25, 0.3) is 0 Å². The fourth-order valence-electron chi connectivity index (χ4n) is 4.90. The molecule has 1 aromatic rings. The summed E-state index contributed by atoms with van der Waals surface area (Å²) in [6.07, 6.45) is 10.6. The molecule has 0 saturated carbocycles. The Hall–Kier alpha value is -1.56. The summed E-state index contributed by atoms with van der Waals surface area (Å²) in [6.45, 7) is 10.3. The minimum Gasteiger partial charge on any atom is -0.355 e. The van der Waals surface area contributed by atoms with Crippen molar-refractivity contribution in [3.8, 4) is 0 Å². The summed E-state index contributed by atoms with van der Waals surface area (Å²) in [4.78, 5) is 9.74. The summed E-state index contributed by atoms with van der Waals surface area (Å²) in [5.74, 6) is 2.39. The quantitative estimate of drug-likeness (QED) is 0.589. The van der Waals surface area contributed by atoms with Crippen molar-refractivity contribution in [2.45, 2.75) is 57.9 Å². The average Bonchev–Trinajstić information content (AvgIpc) is 3.43. The lowest BCUT2D eigenvalue weighted by Crippen LogP contribution is -2.50. The first-order valence-electron chi connectivity index (χ1n) is 10.8. The van der Waals surface area contributed by atoms with Gasteiger partial charge in [0.1, 0.15) is 0 Å². The van der Waals surface area contributed by atoms with Gasteiger partial charge < -0.3 is 10.2 Å². The van der Waals surface area contributed by atoms with Gasteiger partial charge in [-0.05, 0) is 43.8 Å². The Labute approximate surface area is 165 Å². The van der Waals surface area contributed by atoms with Crippen LogP contribution in [0.1, 0.15) is 57.4 Å². The number of nitrogens with zero attached hydrogens (tertiary/aromatic N) is 5. The second-order valence-electron chi connectivity index (χ2n) is 8.19. The van der Waals surface area contributed by atoms with Crippen LogP contribution in [-0.2, 0) is 7.05 Å². The van der Waals surface area contributed by atoms with E-state index in [1.807, 2.05) is 25.0 Å². The highest BCUT2D eigenvalue weighted by Crippen LogP contribution is 2.27. The predicted molar refractivity (Wildman–Crippen MR) is 112 cm³/mol. The van der Waals surface area contributed by atoms with Crippen LogP contribution in [0.4, 0.5) is 0 Å². The molecule has 152 valence electrons. The lowest BCUT2D eigenvalue weighted by atomic mass is 9.93. The van der Waals surface area contributed by atoms with Crippen LogP contribution in [0.2, 0.25) is 0 Å². The Bertz CT molecular complexity index is 598. The molecule has 2 aliphatic rings. The summed E-state index contributed by atoms with van der Waals surface area (Å²) in [5, 5.41) is 8.07. The normalized spacial score (nSPS) is 22.8. The Morgan fingerprint density at radius 2 is 2.00 bits per heavy atom. The molecule has 0 amide bonds. The second-order valence-corrected chi connectivity index (χ2v) is 8.19. The van der Waals surface area contributed by atoms with E-state index in [0.29, 0.717) is 12.0 Å². The van der Waals surface area contributed by atoms with Gasteiger partial charge in [-0.3, -0.25) is 14.6 Å². The third-order valence-corrected chi connectivity index (χ3v) is 6.57. The van der Waals surface area contributed by atoms with Crippen LogP contribution < -0.4 is 5.32 Å². The van der Waals surface area contributed by atoms with E-state index in [1.54, 1.807) is 0 Å². The number of likely N-dealkylation sites (tertiary alicyclic amines) is 2. The van der Waals surface area contributed by atoms with Gasteiger partial charge in [0.15, 0.2) is 5.96 Å². The fourth-order valence-corrected chi connectivity index (χ4v) is 4.90. The monoisotopic (exact) mass is 374 g/mol. The van der Waals surface area contributed by atoms with Crippen molar-refractivity contribution in [1.82, 2.24) is 24.9 Å². The minimum absolute atomic E-state index is 0.561. The summed E-state index contributed by atoms with van der Waals surface area (Å²) in [7, 11) is 3.91. The first-order valence-corrected chi connectivity index (χ1v) is 10.8. The van der Waals surface area contributed by atoms with E-state index in [0.717, 1.165) is 31.5 Å². The van der Waals surface area contributed by atoms with Crippen LogP contribution in [0.15, 0.2) is 17.4 Å². The number of aryl methyl sites for hydroxylation is 1.